The van der Waals surface area contributed by atoms with E-state index in [1.54, 1.807) is 12.1 Å². The number of rotatable bonds is 5. The Balaban J connectivity index is 1.36. The van der Waals surface area contributed by atoms with Crippen molar-refractivity contribution in [3.63, 3.8) is 0 Å². The van der Waals surface area contributed by atoms with Gasteiger partial charge in [-0.15, -0.1) is 0 Å². The van der Waals surface area contributed by atoms with Gasteiger partial charge in [-0.3, -0.25) is 9.59 Å². The van der Waals surface area contributed by atoms with Gasteiger partial charge >= 0.3 is 0 Å². The molecule has 3 aromatic rings. The number of aromatic nitrogens is 1. The molecule has 0 bridgehead atoms. The molecule has 162 valence electrons. The number of carbonyl (C=O) groups is 2. The van der Waals surface area contributed by atoms with Crippen LogP contribution in [0.15, 0.2) is 59.6 Å². The molecule has 0 radical (unpaired) electrons. The molecule has 31 heavy (non-hydrogen) atoms. The molecule has 4 rings (SSSR count). The molecule has 8 nitrogen and oxygen atoms in total. The average molecular weight is 441 g/mol. The summed E-state index contributed by atoms with van der Waals surface area (Å²) in [5, 5.41) is 6.63. The minimum atomic E-state index is -3.65. The van der Waals surface area contributed by atoms with Crippen LogP contribution in [0.2, 0.25) is 0 Å². The zero-order valence-corrected chi connectivity index (χ0v) is 17.9. The van der Waals surface area contributed by atoms with Gasteiger partial charge in [-0.05, 0) is 60.7 Å². The summed E-state index contributed by atoms with van der Waals surface area (Å²) in [6.07, 6.45) is 2.76. The normalized spacial score (nSPS) is 15.6. The van der Waals surface area contributed by atoms with E-state index in [-0.39, 0.29) is 35.7 Å². The summed E-state index contributed by atoms with van der Waals surface area (Å²) in [4.78, 5) is 27.1. The number of nitrogens with zero attached hydrogens (tertiary/aromatic N) is 1. The van der Waals surface area contributed by atoms with Crippen molar-refractivity contribution in [2.75, 3.05) is 23.7 Å². The summed E-state index contributed by atoms with van der Waals surface area (Å²) >= 11 is 0. The van der Waals surface area contributed by atoms with Crippen LogP contribution in [0.3, 0.4) is 0 Å². The summed E-state index contributed by atoms with van der Waals surface area (Å²) in [6.45, 7) is 1.95. The lowest BCUT2D eigenvalue weighted by Crippen LogP contribution is -2.41. The molecule has 2 aromatic carbocycles. The molecule has 0 spiro atoms. The average Bonchev–Trinajstić information content (AvgIpc) is 3.22. The van der Waals surface area contributed by atoms with E-state index in [9.17, 15) is 18.0 Å². The number of nitrogens with one attached hydrogen (secondary N) is 3. The molecular weight excluding hydrogens is 416 g/mol. The molecular formula is C22H24N4O4S. The minimum Gasteiger partial charge on any atom is -0.361 e. The predicted octanol–water partition coefficient (Wildman–Crippen LogP) is 3.17. The maximum atomic E-state index is 12.9. The summed E-state index contributed by atoms with van der Waals surface area (Å²) in [6, 6.07) is 13.7. The molecule has 0 aliphatic carbocycles. The number of hydrogen-bond donors (Lipinski definition) is 3. The second-order valence-corrected chi connectivity index (χ2v) is 9.59. The molecule has 0 atom stereocenters. The van der Waals surface area contributed by atoms with Gasteiger partial charge in [0.15, 0.2) is 0 Å². The van der Waals surface area contributed by atoms with Crippen LogP contribution in [-0.4, -0.2) is 42.6 Å². The molecule has 1 aromatic heterocycles. The molecule has 1 aliphatic heterocycles. The fourth-order valence-corrected chi connectivity index (χ4v) is 5.26. The number of sulfonamides is 1. The zero-order valence-electron chi connectivity index (χ0n) is 17.1. The first-order chi connectivity index (χ1) is 14.8. The fourth-order valence-electron chi connectivity index (χ4n) is 3.79. The van der Waals surface area contributed by atoms with E-state index in [1.165, 1.54) is 23.4 Å². The van der Waals surface area contributed by atoms with Gasteiger partial charge in [-0.25, -0.2) is 8.42 Å². The van der Waals surface area contributed by atoms with Gasteiger partial charge in [0.05, 0.1) is 4.90 Å². The third-order valence-electron chi connectivity index (χ3n) is 5.46. The van der Waals surface area contributed by atoms with Gasteiger partial charge in [0.1, 0.15) is 0 Å². The van der Waals surface area contributed by atoms with E-state index in [2.05, 4.69) is 15.6 Å². The lowest BCUT2D eigenvalue weighted by atomic mass is 9.97. The topological polar surface area (TPSA) is 111 Å². The van der Waals surface area contributed by atoms with Gasteiger partial charge in [0.25, 0.3) is 0 Å². The SMILES string of the molecule is CC(=O)Nc1ccc(S(=O)(=O)N2CCC(C(=O)Nc3ccc4cc[nH]c4c3)CC2)cc1. The Kier molecular flexibility index (Phi) is 5.79. The van der Waals surface area contributed by atoms with E-state index in [0.717, 1.165) is 10.9 Å². The van der Waals surface area contributed by atoms with Gasteiger partial charge in [-0.1, -0.05) is 6.07 Å². The number of amides is 2. The molecule has 0 unspecified atom stereocenters. The summed E-state index contributed by atoms with van der Waals surface area (Å²) in [7, 11) is -3.65. The Hall–Kier alpha value is -3.17. The molecule has 1 aliphatic rings. The van der Waals surface area contributed by atoms with Crippen LogP contribution >= 0.6 is 0 Å². The molecule has 0 saturated carbocycles. The van der Waals surface area contributed by atoms with Crippen LogP contribution in [0.4, 0.5) is 11.4 Å². The highest BCUT2D eigenvalue weighted by molar-refractivity contribution is 7.89. The van der Waals surface area contributed by atoms with E-state index in [1.807, 2.05) is 30.5 Å². The third-order valence-corrected chi connectivity index (χ3v) is 7.37. The highest BCUT2D eigenvalue weighted by Gasteiger charge is 2.32. The Morgan fingerprint density at radius 3 is 2.32 bits per heavy atom. The van der Waals surface area contributed by atoms with Crippen LogP contribution < -0.4 is 10.6 Å². The van der Waals surface area contributed by atoms with Crippen molar-refractivity contribution in [3.05, 3.63) is 54.7 Å². The van der Waals surface area contributed by atoms with Gasteiger partial charge in [0.2, 0.25) is 21.8 Å². The monoisotopic (exact) mass is 440 g/mol. The van der Waals surface area contributed by atoms with Crippen molar-refractivity contribution >= 4 is 44.1 Å². The number of aromatic amines is 1. The first kappa shape index (κ1) is 21.1. The highest BCUT2D eigenvalue weighted by Crippen LogP contribution is 2.26. The van der Waals surface area contributed by atoms with E-state index in [4.69, 9.17) is 0 Å². The lowest BCUT2D eigenvalue weighted by Gasteiger charge is -2.30. The molecule has 3 N–H and O–H groups in total. The highest BCUT2D eigenvalue weighted by atomic mass is 32.2. The first-order valence-corrected chi connectivity index (χ1v) is 11.5. The Morgan fingerprint density at radius 2 is 1.65 bits per heavy atom. The number of hydrogen-bond acceptors (Lipinski definition) is 4. The fraction of sp³-hybridized carbons (Fsp3) is 0.273. The largest absolute Gasteiger partial charge is 0.361 e. The minimum absolute atomic E-state index is 0.0948. The van der Waals surface area contributed by atoms with Crippen LogP contribution in [0.5, 0.6) is 0 Å². The third kappa shape index (κ3) is 4.62. The van der Waals surface area contributed by atoms with Gasteiger partial charge in [0, 0.05) is 49.0 Å². The number of carbonyl (C=O) groups excluding carboxylic acids is 2. The maximum absolute atomic E-state index is 12.9. The van der Waals surface area contributed by atoms with Crippen LogP contribution in [-0.2, 0) is 19.6 Å². The summed E-state index contributed by atoms with van der Waals surface area (Å²) in [5.41, 5.74) is 2.21. The molecule has 1 saturated heterocycles. The van der Waals surface area contributed by atoms with Gasteiger partial charge < -0.3 is 15.6 Å². The van der Waals surface area contributed by atoms with Crippen LogP contribution in [0.25, 0.3) is 10.9 Å². The van der Waals surface area contributed by atoms with Crippen LogP contribution in [0.1, 0.15) is 19.8 Å². The molecule has 2 amide bonds. The van der Waals surface area contributed by atoms with Crippen molar-refractivity contribution in [1.29, 1.82) is 0 Å². The van der Waals surface area contributed by atoms with Crippen molar-refractivity contribution in [2.45, 2.75) is 24.7 Å². The predicted molar refractivity (Wildman–Crippen MR) is 119 cm³/mol. The lowest BCUT2D eigenvalue weighted by molar-refractivity contribution is -0.121. The Morgan fingerprint density at radius 1 is 0.968 bits per heavy atom. The second-order valence-electron chi connectivity index (χ2n) is 7.65. The smallest absolute Gasteiger partial charge is 0.243 e. The number of H-pyrrole nitrogens is 1. The van der Waals surface area contributed by atoms with Crippen LogP contribution in [0, 0.1) is 5.92 Å². The summed E-state index contributed by atoms with van der Waals surface area (Å²) in [5.74, 6) is -0.556. The van der Waals surface area contributed by atoms with Gasteiger partial charge in [-0.2, -0.15) is 4.31 Å². The van der Waals surface area contributed by atoms with Crippen molar-refractivity contribution in [1.82, 2.24) is 9.29 Å². The quantitative estimate of drug-likeness (QED) is 0.566. The molecule has 1 fully saturated rings. The standard InChI is InChI=1S/C22H24N4O4S/c1-15(27)24-18-4-6-20(7-5-18)31(29,30)26-12-9-17(10-13-26)22(28)25-19-3-2-16-8-11-23-21(16)14-19/h2-8,11,14,17,23H,9-10,12-13H2,1H3,(H,24,27)(H,25,28). The molecule has 9 heteroatoms. The van der Waals surface area contributed by atoms with E-state index < -0.39 is 10.0 Å². The Labute approximate surface area is 180 Å². The van der Waals surface area contributed by atoms with Crippen molar-refractivity contribution < 1.29 is 18.0 Å². The van der Waals surface area contributed by atoms with Crippen molar-refractivity contribution in [2.24, 2.45) is 5.92 Å². The van der Waals surface area contributed by atoms with E-state index >= 15 is 0 Å². The maximum Gasteiger partial charge on any atom is 0.243 e. The number of piperidine rings is 1. The molecule has 2 heterocycles. The zero-order chi connectivity index (χ0) is 22.0. The summed E-state index contributed by atoms with van der Waals surface area (Å²) < 4.78 is 27.3. The number of benzene rings is 2. The Bertz CT molecular complexity index is 1210. The number of fused-ring (bicyclic) bond motifs is 1. The first-order valence-electron chi connectivity index (χ1n) is 10.1. The number of anilines is 2. The van der Waals surface area contributed by atoms with Crippen molar-refractivity contribution in [3.8, 4) is 0 Å². The van der Waals surface area contributed by atoms with E-state index in [0.29, 0.717) is 24.2 Å². The second kappa shape index (κ2) is 8.52.